The molecule has 1 N–H and O–H groups in total. The van der Waals surface area contributed by atoms with Gasteiger partial charge in [0.1, 0.15) is 17.2 Å². The second-order valence-electron chi connectivity index (χ2n) is 5.04. The Labute approximate surface area is 106 Å². The van der Waals surface area contributed by atoms with Crippen LogP contribution in [-0.4, -0.2) is 25.3 Å². The molecule has 0 bridgehead atoms. The van der Waals surface area contributed by atoms with Crippen molar-refractivity contribution in [1.29, 1.82) is 0 Å². The molecule has 2 aliphatic heterocycles. The van der Waals surface area contributed by atoms with E-state index in [2.05, 4.69) is 5.32 Å². The number of nitrogens with one attached hydrogen (secondary N) is 1. The van der Waals surface area contributed by atoms with E-state index in [-0.39, 0.29) is 17.5 Å². The van der Waals surface area contributed by atoms with Gasteiger partial charge in [-0.05, 0) is 31.7 Å². The summed E-state index contributed by atoms with van der Waals surface area (Å²) in [5, 5.41) is 3.33. The standard InChI is InChI=1S/C14H18FNO2/c1-2-17-13-8-14(5-6-16-9-14)18-12-4-3-10(15)7-11(12)13/h3-4,7,13,16H,2,5-6,8-9H2,1H3. The van der Waals surface area contributed by atoms with Crippen LogP contribution in [0.15, 0.2) is 18.2 Å². The first-order chi connectivity index (χ1) is 8.72. The Kier molecular flexibility index (Phi) is 2.99. The minimum atomic E-state index is -0.234. The monoisotopic (exact) mass is 251 g/mol. The van der Waals surface area contributed by atoms with Crippen LogP contribution in [0, 0.1) is 5.82 Å². The van der Waals surface area contributed by atoms with Gasteiger partial charge in [0.15, 0.2) is 0 Å². The molecule has 3 nitrogen and oxygen atoms in total. The zero-order valence-corrected chi connectivity index (χ0v) is 10.5. The fourth-order valence-corrected chi connectivity index (χ4v) is 2.92. The van der Waals surface area contributed by atoms with Crippen molar-refractivity contribution in [2.75, 3.05) is 19.7 Å². The Bertz CT molecular complexity index is 443. The molecule has 2 unspecified atom stereocenters. The highest BCUT2D eigenvalue weighted by molar-refractivity contribution is 5.39. The lowest BCUT2D eigenvalue weighted by atomic mass is 9.88. The maximum Gasteiger partial charge on any atom is 0.126 e. The molecule has 0 aromatic heterocycles. The highest BCUT2D eigenvalue weighted by atomic mass is 19.1. The Morgan fingerprint density at radius 1 is 1.56 bits per heavy atom. The van der Waals surface area contributed by atoms with Crippen LogP contribution >= 0.6 is 0 Å². The van der Waals surface area contributed by atoms with Gasteiger partial charge in [0.05, 0.1) is 6.10 Å². The molecular formula is C14H18FNO2. The van der Waals surface area contributed by atoms with Crippen molar-refractivity contribution in [2.45, 2.75) is 31.5 Å². The zero-order chi connectivity index (χ0) is 12.6. The summed E-state index contributed by atoms with van der Waals surface area (Å²) in [6.45, 7) is 4.40. The number of ether oxygens (including phenoxy) is 2. The third kappa shape index (κ3) is 1.99. The third-order valence-corrected chi connectivity index (χ3v) is 3.77. The number of benzene rings is 1. The molecule has 0 amide bonds. The first-order valence-electron chi connectivity index (χ1n) is 6.53. The predicted molar refractivity (Wildman–Crippen MR) is 66.2 cm³/mol. The van der Waals surface area contributed by atoms with Gasteiger partial charge < -0.3 is 14.8 Å². The van der Waals surface area contributed by atoms with E-state index in [1.54, 1.807) is 6.07 Å². The van der Waals surface area contributed by atoms with Crippen LogP contribution in [0.25, 0.3) is 0 Å². The Hall–Kier alpha value is -1.13. The third-order valence-electron chi connectivity index (χ3n) is 3.77. The molecule has 1 aromatic rings. The molecule has 1 fully saturated rings. The molecule has 4 heteroatoms. The van der Waals surface area contributed by atoms with E-state index < -0.39 is 0 Å². The topological polar surface area (TPSA) is 30.5 Å². The summed E-state index contributed by atoms with van der Waals surface area (Å²) < 4.78 is 25.2. The molecule has 18 heavy (non-hydrogen) atoms. The van der Waals surface area contributed by atoms with Gasteiger partial charge in [-0.1, -0.05) is 0 Å². The van der Waals surface area contributed by atoms with Crippen LogP contribution < -0.4 is 10.1 Å². The van der Waals surface area contributed by atoms with Crippen LogP contribution in [0.1, 0.15) is 31.4 Å². The van der Waals surface area contributed by atoms with Crippen molar-refractivity contribution in [3.8, 4) is 5.75 Å². The molecule has 2 atom stereocenters. The molecule has 1 spiro atoms. The predicted octanol–water partition coefficient (Wildman–Crippen LogP) is 2.42. The van der Waals surface area contributed by atoms with Crippen molar-refractivity contribution in [3.05, 3.63) is 29.6 Å². The van der Waals surface area contributed by atoms with Crippen molar-refractivity contribution >= 4 is 0 Å². The molecule has 1 saturated heterocycles. The largest absolute Gasteiger partial charge is 0.485 e. The number of rotatable bonds is 2. The van der Waals surface area contributed by atoms with Gasteiger partial charge in [-0.3, -0.25) is 0 Å². The summed E-state index contributed by atoms with van der Waals surface area (Å²) >= 11 is 0. The van der Waals surface area contributed by atoms with Crippen LogP contribution in [-0.2, 0) is 4.74 Å². The van der Waals surface area contributed by atoms with Gasteiger partial charge in [-0.25, -0.2) is 4.39 Å². The van der Waals surface area contributed by atoms with Gasteiger partial charge >= 0.3 is 0 Å². The second-order valence-corrected chi connectivity index (χ2v) is 5.04. The van der Waals surface area contributed by atoms with Gasteiger partial charge in [-0.2, -0.15) is 0 Å². The van der Waals surface area contributed by atoms with E-state index in [1.165, 1.54) is 12.1 Å². The van der Waals surface area contributed by atoms with E-state index in [4.69, 9.17) is 9.47 Å². The van der Waals surface area contributed by atoms with E-state index in [0.717, 1.165) is 37.2 Å². The van der Waals surface area contributed by atoms with Gasteiger partial charge in [-0.15, -0.1) is 0 Å². The summed E-state index contributed by atoms with van der Waals surface area (Å²) in [5.74, 6) is 0.535. The van der Waals surface area contributed by atoms with E-state index in [0.29, 0.717) is 6.61 Å². The zero-order valence-electron chi connectivity index (χ0n) is 10.5. The summed E-state index contributed by atoms with van der Waals surface area (Å²) in [7, 11) is 0. The maximum atomic E-state index is 13.4. The SMILES string of the molecule is CCOC1CC2(CCNC2)Oc2ccc(F)cc21. The van der Waals surface area contributed by atoms with Gasteiger partial charge in [0.25, 0.3) is 0 Å². The Balaban J connectivity index is 1.97. The molecule has 98 valence electrons. The molecule has 3 rings (SSSR count). The van der Waals surface area contributed by atoms with Crippen molar-refractivity contribution in [2.24, 2.45) is 0 Å². The second kappa shape index (κ2) is 4.52. The quantitative estimate of drug-likeness (QED) is 0.875. The first kappa shape index (κ1) is 11.9. The molecular weight excluding hydrogens is 233 g/mol. The van der Waals surface area contributed by atoms with Crippen LogP contribution in [0.3, 0.4) is 0 Å². The number of halogens is 1. The molecule has 1 aromatic carbocycles. The summed E-state index contributed by atoms with van der Waals surface area (Å²) in [5.41, 5.74) is 0.666. The normalized spacial score (nSPS) is 30.2. The average Bonchev–Trinajstić information content (AvgIpc) is 2.79. The van der Waals surface area contributed by atoms with E-state index in [9.17, 15) is 4.39 Å². The molecule has 2 heterocycles. The van der Waals surface area contributed by atoms with Crippen molar-refractivity contribution in [3.63, 3.8) is 0 Å². The highest BCUT2D eigenvalue weighted by Crippen LogP contribution is 2.44. The van der Waals surface area contributed by atoms with Crippen LogP contribution in [0.4, 0.5) is 4.39 Å². The lowest BCUT2D eigenvalue weighted by Gasteiger charge is -2.39. The highest BCUT2D eigenvalue weighted by Gasteiger charge is 2.43. The van der Waals surface area contributed by atoms with E-state index in [1.807, 2.05) is 6.92 Å². The summed E-state index contributed by atoms with van der Waals surface area (Å²) in [6, 6.07) is 4.70. The maximum absolute atomic E-state index is 13.4. The fourth-order valence-electron chi connectivity index (χ4n) is 2.92. The molecule has 0 radical (unpaired) electrons. The first-order valence-corrected chi connectivity index (χ1v) is 6.53. The fraction of sp³-hybridized carbons (Fsp3) is 0.571. The minimum Gasteiger partial charge on any atom is -0.485 e. The van der Waals surface area contributed by atoms with Gasteiger partial charge in [0.2, 0.25) is 0 Å². The molecule has 2 aliphatic rings. The number of hydrogen-bond acceptors (Lipinski definition) is 3. The Morgan fingerprint density at radius 3 is 3.17 bits per heavy atom. The minimum absolute atomic E-state index is 0.0608. The van der Waals surface area contributed by atoms with E-state index >= 15 is 0 Å². The van der Waals surface area contributed by atoms with Crippen LogP contribution in [0.5, 0.6) is 5.75 Å². The number of hydrogen-bond donors (Lipinski definition) is 1. The summed E-state index contributed by atoms with van der Waals surface area (Å²) in [6.07, 6.45) is 1.71. The lowest BCUT2D eigenvalue weighted by molar-refractivity contribution is -0.0356. The number of fused-ring (bicyclic) bond motifs is 1. The van der Waals surface area contributed by atoms with Crippen molar-refractivity contribution < 1.29 is 13.9 Å². The van der Waals surface area contributed by atoms with Crippen LogP contribution in [0.2, 0.25) is 0 Å². The Morgan fingerprint density at radius 2 is 2.44 bits per heavy atom. The van der Waals surface area contributed by atoms with Gasteiger partial charge in [0, 0.05) is 31.6 Å². The van der Waals surface area contributed by atoms with Crippen molar-refractivity contribution in [1.82, 2.24) is 5.32 Å². The molecule has 0 aliphatic carbocycles. The summed E-state index contributed by atoms with van der Waals surface area (Å²) in [4.78, 5) is 0. The lowest BCUT2D eigenvalue weighted by Crippen LogP contribution is -2.43. The average molecular weight is 251 g/mol. The smallest absolute Gasteiger partial charge is 0.126 e. The molecule has 0 saturated carbocycles.